The van der Waals surface area contributed by atoms with Gasteiger partial charge >= 0.3 is 12.2 Å². The summed E-state index contributed by atoms with van der Waals surface area (Å²) in [4.78, 5) is 29.7. The molecule has 1 aliphatic rings. The summed E-state index contributed by atoms with van der Waals surface area (Å²) < 4.78 is 39.6. The van der Waals surface area contributed by atoms with Crippen LogP contribution in [0.25, 0.3) is 0 Å². The Kier molecular flexibility index (Phi) is 10.2. The van der Waals surface area contributed by atoms with Gasteiger partial charge in [-0.2, -0.15) is 13.2 Å². The number of nitrogens with one attached hydrogen (secondary N) is 1. The van der Waals surface area contributed by atoms with E-state index in [2.05, 4.69) is 16.1 Å². The Hall–Kier alpha value is -3.31. The largest absolute Gasteiger partial charge is 0.416 e. The first-order chi connectivity index (χ1) is 17.7. The van der Waals surface area contributed by atoms with Crippen LogP contribution in [0.5, 0.6) is 0 Å². The molecule has 198 valence electrons. The van der Waals surface area contributed by atoms with Gasteiger partial charge < -0.3 is 15.1 Å². The molecule has 2 amide bonds. The van der Waals surface area contributed by atoms with E-state index in [1.165, 1.54) is 12.1 Å². The van der Waals surface area contributed by atoms with Crippen LogP contribution in [0.1, 0.15) is 55.7 Å². The van der Waals surface area contributed by atoms with Crippen LogP contribution in [0.2, 0.25) is 0 Å². The summed E-state index contributed by atoms with van der Waals surface area (Å²) in [5, 5.41) is 2.68. The predicted molar refractivity (Wildman–Crippen MR) is 139 cm³/mol. The SMILES string of the molecule is C#CCCCN1CCC(N(Cc2ccccc2CC(=O)CC)C(=O)Nc2cccc(C(F)(F)F)c2)CC1. The Balaban J connectivity index is 1.81. The topological polar surface area (TPSA) is 52.7 Å². The number of nitrogens with zero attached hydrogens (tertiary/aromatic N) is 2. The number of amides is 2. The molecule has 0 bridgehead atoms. The molecule has 1 heterocycles. The minimum absolute atomic E-state index is 0.0889. The molecule has 1 fully saturated rings. The molecule has 0 spiro atoms. The van der Waals surface area contributed by atoms with E-state index in [0.29, 0.717) is 6.42 Å². The maximum absolute atomic E-state index is 13.5. The second-order valence-corrected chi connectivity index (χ2v) is 9.35. The van der Waals surface area contributed by atoms with Gasteiger partial charge in [-0.3, -0.25) is 4.79 Å². The number of hydrogen-bond acceptors (Lipinski definition) is 3. The van der Waals surface area contributed by atoms with E-state index < -0.39 is 17.8 Å². The minimum Gasteiger partial charge on any atom is -0.317 e. The van der Waals surface area contributed by atoms with E-state index in [9.17, 15) is 22.8 Å². The van der Waals surface area contributed by atoms with Crippen molar-refractivity contribution in [1.82, 2.24) is 9.80 Å². The summed E-state index contributed by atoms with van der Waals surface area (Å²) in [5.41, 5.74) is 0.990. The molecule has 1 aliphatic heterocycles. The number of alkyl halides is 3. The van der Waals surface area contributed by atoms with Crippen LogP contribution in [0.4, 0.5) is 23.7 Å². The van der Waals surface area contributed by atoms with E-state index in [4.69, 9.17) is 6.42 Å². The van der Waals surface area contributed by atoms with Gasteiger partial charge in [-0.1, -0.05) is 37.3 Å². The van der Waals surface area contributed by atoms with Crippen molar-refractivity contribution in [3.63, 3.8) is 0 Å². The minimum atomic E-state index is -4.50. The maximum Gasteiger partial charge on any atom is 0.416 e. The number of carbonyl (C=O) groups excluding carboxylic acids is 2. The van der Waals surface area contributed by atoms with Crippen molar-refractivity contribution >= 4 is 17.5 Å². The Morgan fingerprint density at radius 1 is 1.11 bits per heavy atom. The molecule has 0 aliphatic carbocycles. The van der Waals surface area contributed by atoms with Gasteiger partial charge in [-0.25, -0.2) is 4.79 Å². The third-order valence-electron chi connectivity index (χ3n) is 6.74. The summed E-state index contributed by atoms with van der Waals surface area (Å²) >= 11 is 0. The number of halogens is 3. The first kappa shape index (κ1) is 28.3. The van der Waals surface area contributed by atoms with Gasteiger partial charge in [0.2, 0.25) is 0 Å². The molecule has 0 saturated carbocycles. The maximum atomic E-state index is 13.5. The van der Waals surface area contributed by atoms with Gasteiger partial charge in [0.15, 0.2) is 0 Å². The number of piperidine rings is 1. The van der Waals surface area contributed by atoms with Crippen molar-refractivity contribution in [1.29, 1.82) is 0 Å². The molecule has 1 N–H and O–H groups in total. The summed E-state index contributed by atoms with van der Waals surface area (Å²) in [6.07, 6.45) is 4.67. The molecule has 5 nitrogen and oxygen atoms in total. The van der Waals surface area contributed by atoms with Crippen molar-refractivity contribution in [2.45, 2.75) is 64.2 Å². The number of unbranched alkanes of at least 4 members (excludes halogenated alkanes) is 1. The Labute approximate surface area is 217 Å². The molecule has 2 aromatic carbocycles. The average molecular weight is 514 g/mol. The molecule has 3 rings (SSSR count). The zero-order valence-corrected chi connectivity index (χ0v) is 21.2. The lowest BCUT2D eigenvalue weighted by molar-refractivity contribution is -0.137. The molecule has 0 radical (unpaired) electrons. The lowest BCUT2D eigenvalue weighted by Gasteiger charge is -2.39. The molecular formula is C29H34F3N3O2. The highest BCUT2D eigenvalue weighted by molar-refractivity contribution is 5.89. The number of rotatable bonds is 10. The molecule has 0 unspecified atom stereocenters. The van der Waals surface area contributed by atoms with E-state index in [1.54, 1.807) is 4.90 Å². The molecule has 37 heavy (non-hydrogen) atoms. The zero-order chi connectivity index (χ0) is 26.8. The van der Waals surface area contributed by atoms with Gasteiger partial charge in [-0.05, 0) is 55.1 Å². The Morgan fingerprint density at radius 3 is 2.46 bits per heavy atom. The smallest absolute Gasteiger partial charge is 0.317 e. The fraction of sp³-hybridized carbons (Fsp3) is 0.448. The monoisotopic (exact) mass is 513 g/mol. The molecule has 2 aromatic rings. The number of anilines is 1. The van der Waals surface area contributed by atoms with Gasteiger partial charge in [0, 0.05) is 50.6 Å². The standard InChI is InChI=1S/C29H34F3N3O2/c1-3-5-8-16-34-17-14-26(15-18-34)35(21-23-11-7-6-10-22(23)19-27(36)4-2)28(37)33-25-13-9-12-24(20-25)29(30,31)32/h1,6-7,9-13,20,26H,4-5,8,14-19,21H2,2H3,(H,33,37). The van der Waals surface area contributed by atoms with Crippen molar-refractivity contribution in [3.05, 3.63) is 65.2 Å². The highest BCUT2D eigenvalue weighted by Gasteiger charge is 2.32. The summed E-state index contributed by atoms with van der Waals surface area (Å²) in [6, 6.07) is 11.6. The Bertz CT molecular complexity index is 1100. The first-order valence-electron chi connectivity index (χ1n) is 12.7. The second-order valence-electron chi connectivity index (χ2n) is 9.35. The molecule has 8 heteroatoms. The predicted octanol–water partition coefficient (Wildman–Crippen LogP) is 6.14. The van der Waals surface area contributed by atoms with Crippen LogP contribution in [0.15, 0.2) is 48.5 Å². The van der Waals surface area contributed by atoms with Gasteiger partial charge in [-0.15, -0.1) is 12.3 Å². The number of hydrogen-bond donors (Lipinski definition) is 1. The normalized spacial score (nSPS) is 14.7. The van der Waals surface area contributed by atoms with Crippen LogP contribution in [0.3, 0.4) is 0 Å². The van der Waals surface area contributed by atoms with E-state index in [0.717, 1.165) is 68.6 Å². The van der Waals surface area contributed by atoms with Gasteiger partial charge in [0.25, 0.3) is 0 Å². The average Bonchev–Trinajstić information content (AvgIpc) is 2.88. The fourth-order valence-corrected chi connectivity index (χ4v) is 4.60. The van der Waals surface area contributed by atoms with Crippen LogP contribution in [-0.2, 0) is 23.9 Å². The fourth-order valence-electron chi connectivity index (χ4n) is 4.60. The van der Waals surface area contributed by atoms with Gasteiger partial charge in [0.1, 0.15) is 5.78 Å². The van der Waals surface area contributed by atoms with Crippen molar-refractivity contribution < 1.29 is 22.8 Å². The molecule has 1 saturated heterocycles. The first-order valence-corrected chi connectivity index (χ1v) is 12.7. The number of carbonyl (C=O) groups is 2. The van der Waals surface area contributed by atoms with Crippen molar-refractivity contribution in [2.24, 2.45) is 0 Å². The van der Waals surface area contributed by atoms with Crippen LogP contribution < -0.4 is 5.32 Å². The highest BCUT2D eigenvalue weighted by atomic mass is 19.4. The molecule has 0 atom stereocenters. The summed E-state index contributed by atoms with van der Waals surface area (Å²) in [5.74, 6) is 2.76. The van der Waals surface area contributed by atoms with E-state index >= 15 is 0 Å². The summed E-state index contributed by atoms with van der Waals surface area (Å²) in [6.45, 7) is 4.59. The number of terminal acetylenes is 1. The lowest BCUT2D eigenvalue weighted by Crippen LogP contribution is -2.48. The van der Waals surface area contributed by atoms with E-state index in [-0.39, 0.29) is 30.5 Å². The third kappa shape index (κ3) is 8.36. The molecular weight excluding hydrogens is 479 g/mol. The van der Waals surface area contributed by atoms with Gasteiger partial charge in [0.05, 0.1) is 5.56 Å². The number of urea groups is 1. The van der Waals surface area contributed by atoms with Crippen molar-refractivity contribution in [2.75, 3.05) is 25.0 Å². The second kappa shape index (κ2) is 13.3. The lowest BCUT2D eigenvalue weighted by atomic mass is 9.98. The third-order valence-corrected chi connectivity index (χ3v) is 6.74. The van der Waals surface area contributed by atoms with Crippen LogP contribution in [-0.4, -0.2) is 47.3 Å². The van der Waals surface area contributed by atoms with Crippen LogP contribution in [0, 0.1) is 12.3 Å². The quantitative estimate of drug-likeness (QED) is 0.307. The number of benzene rings is 2. The highest BCUT2D eigenvalue weighted by Crippen LogP contribution is 2.31. The zero-order valence-electron chi connectivity index (χ0n) is 21.2. The number of ketones is 1. The number of likely N-dealkylation sites (tertiary alicyclic amines) is 1. The van der Waals surface area contributed by atoms with Crippen molar-refractivity contribution in [3.8, 4) is 12.3 Å². The molecule has 0 aromatic heterocycles. The van der Waals surface area contributed by atoms with E-state index in [1.807, 2.05) is 31.2 Å². The number of Topliss-reactive ketones (excluding diaryl/α,β-unsaturated/α-hetero) is 1. The summed E-state index contributed by atoms with van der Waals surface area (Å²) in [7, 11) is 0. The van der Waals surface area contributed by atoms with Crippen LogP contribution >= 0.6 is 0 Å². The Morgan fingerprint density at radius 2 is 1.81 bits per heavy atom.